The molecule has 0 spiro atoms. The summed E-state index contributed by atoms with van der Waals surface area (Å²) < 4.78 is 3.44. The molecule has 0 radical (unpaired) electrons. The summed E-state index contributed by atoms with van der Waals surface area (Å²) in [5.74, 6) is 0.0539. The number of hydrogen-bond acceptors (Lipinski definition) is 5. The fraction of sp³-hybridized carbons (Fsp3) is 0.346. The number of nitrogens with one attached hydrogen (secondary N) is 2. The van der Waals surface area contributed by atoms with E-state index in [0.29, 0.717) is 19.6 Å². The van der Waals surface area contributed by atoms with E-state index in [9.17, 15) is 14.4 Å². The predicted octanol–water partition coefficient (Wildman–Crippen LogP) is 2.79. The zero-order valence-corrected chi connectivity index (χ0v) is 19.8. The number of benzene rings is 1. The van der Waals surface area contributed by atoms with Crippen LogP contribution in [0.4, 0.5) is 0 Å². The van der Waals surface area contributed by atoms with Crippen molar-refractivity contribution >= 4 is 16.9 Å². The molecule has 4 aromatic rings. The molecule has 0 saturated heterocycles. The lowest BCUT2D eigenvalue weighted by Crippen LogP contribution is -2.34. The minimum absolute atomic E-state index is 0.152. The molecule has 1 aromatic carbocycles. The Labute approximate surface area is 201 Å². The van der Waals surface area contributed by atoms with E-state index in [2.05, 4.69) is 20.3 Å². The second-order valence-electron chi connectivity index (χ2n) is 9.52. The summed E-state index contributed by atoms with van der Waals surface area (Å²) in [6, 6.07) is 9.60. The zero-order chi connectivity index (χ0) is 24.5. The summed E-state index contributed by atoms with van der Waals surface area (Å²) in [5.41, 5.74) is 2.23. The third-order valence-electron chi connectivity index (χ3n) is 6.23. The van der Waals surface area contributed by atoms with Gasteiger partial charge in [-0.3, -0.25) is 19.1 Å². The standard InChI is InChI=1S/C26H28N6O3/c1-16(2)13-32-23-22(25(34)30-26(32)35)20(11-21(29-23)17-7-8-17)24(33)28-12-18-5-3-4-6-19(18)14-31-10-9-27-15-31/h3-6,9-11,15-17H,7-8,12-14H2,1-2H3,(H,28,33)(H,30,34,35). The molecule has 0 atom stereocenters. The van der Waals surface area contributed by atoms with Gasteiger partial charge in [0.25, 0.3) is 11.5 Å². The molecule has 35 heavy (non-hydrogen) atoms. The number of H-pyrrole nitrogens is 1. The molecular formula is C26H28N6O3. The van der Waals surface area contributed by atoms with E-state index in [4.69, 9.17) is 0 Å². The first kappa shape index (κ1) is 22.8. The lowest BCUT2D eigenvalue weighted by molar-refractivity contribution is 0.0952. The number of pyridine rings is 1. The Balaban J connectivity index is 1.51. The highest BCUT2D eigenvalue weighted by atomic mass is 16.2. The predicted molar refractivity (Wildman–Crippen MR) is 132 cm³/mol. The number of imidazole rings is 1. The second kappa shape index (κ2) is 9.32. The first-order valence-electron chi connectivity index (χ1n) is 11.9. The van der Waals surface area contributed by atoms with Crippen LogP contribution in [0.15, 0.2) is 58.6 Å². The molecule has 1 aliphatic rings. The SMILES string of the molecule is CC(C)Cn1c(=O)[nH]c(=O)c2c(C(=O)NCc3ccccc3Cn3ccnc3)cc(C3CC3)nc21. The van der Waals surface area contributed by atoms with Crippen LogP contribution < -0.4 is 16.6 Å². The summed E-state index contributed by atoms with van der Waals surface area (Å²) in [5, 5.41) is 3.14. The van der Waals surface area contributed by atoms with Gasteiger partial charge in [0.2, 0.25) is 0 Å². The molecule has 2 N–H and O–H groups in total. The van der Waals surface area contributed by atoms with E-state index in [1.807, 2.05) is 48.9 Å². The van der Waals surface area contributed by atoms with Crippen LogP contribution in [0.2, 0.25) is 0 Å². The lowest BCUT2D eigenvalue weighted by Gasteiger charge is -2.15. The van der Waals surface area contributed by atoms with Crippen molar-refractivity contribution in [3.05, 3.63) is 92.3 Å². The van der Waals surface area contributed by atoms with E-state index in [1.165, 1.54) is 4.57 Å². The summed E-state index contributed by atoms with van der Waals surface area (Å²) in [4.78, 5) is 50.1. The van der Waals surface area contributed by atoms with Crippen LogP contribution in [0.1, 0.15) is 59.8 Å². The molecular weight excluding hydrogens is 444 g/mol. The number of rotatable bonds is 8. The van der Waals surface area contributed by atoms with Gasteiger partial charge >= 0.3 is 5.69 Å². The highest BCUT2D eigenvalue weighted by Crippen LogP contribution is 2.39. The minimum Gasteiger partial charge on any atom is -0.348 e. The lowest BCUT2D eigenvalue weighted by atomic mass is 10.1. The van der Waals surface area contributed by atoms with Crippen molar-refractivity contribution in [1.82, 2.24) is 29.4 Å². The Morgan fingerprint density at radius 2 is 1.97 bits per heavy atom. The van der Waals surface area contributed by atoms with E-state index in [0.717, 1.165) is 29.7 Å². The second-order valence-corrected chi connectivity index (χ2v) is 9.52. The number of amides is 1. The van der Waals surface area contributed by atoms with E-state index < -0.39 is 11.2 Å². The summed E-state index contributed by atoms with van der Waals surface area (Å²) in [7, 11) is 0. The summed E-state index contributed by atoms with van der Waals surface area (Å²) in [6.45, 7) is 5.31. The van der Waals surface area contributed by atoms with E-state index in [1.54, 1.807) is 18.6 Å². The Kier molecular flexibility index (Phi) is 6.07. The monoisotopic (exact) mass is 472 g/mol. The molecule has 9 nitrogen and oxygen atoms in total. The average molecular weight is 473 g/mol. The van der Waals surface area contributed by atoms with E-state index in [-0.39, 0.29) is 34.3 Å². The fourth-order valence-corrected chi connectivity index (χ4v) is 4.33. The van der Waals surface area contributed by atoms with E-state index >= 15 is 0 Å². The maximum atomic E-state index is 13.4. The molecule has 0 aliphatic heterocycles. The summed E-state index contributed by atoms with van der Waals surface area (Å²) >= 11 is 0. The molecule has 0 unspecified atom stereocenters. The number of aromatic nitrogens is 5. The smallest absolute Gasteiger partial charge is 0.330 e. The first-order chi connectivity index (χ1) is 16.9. The van der Waals surface area contributed by atoms with Crippen LogP contribution >= 0.6 is 0 Å². The molecule has 1 fully saturated rings. The number of carbonyl (C=O) groups excluding carboxylic acids is 1. The van der Waals surface area contributed by atoms with Gasteiger partial charge in [-0.25, -0.2) is 14.8 Å². The van der Waals surface area contributed by atoms with Gasteiger partial charge < -0.3 is 9.88 Å². The Bertz CT molecular complexity index is 1500. The van der Waals surface area contributed by atoms with Gasteiger partial charge in [-0.1, -0.05) is 38.1 Å². The molecule has 5 rings (SSSR count). The van der Waals surface area contributed by atoms with Crippen LogP contribution in [0.5, 0.6) is 0 Å². The van der Waals surface area contributed by atoms with Crippen molar-refractivity contribution in [2.45, 2.75) is 52.2 Å². The highest BCUT2D eigenvalue weighted by Gasteiger charge is 2.29. The van der Waals surface area contributed by atoms with Gasteiger partial charge in [-0.15, -0.1) is 0 Å². The number of nitrogens with zero attached hydrogens (tertiary/aromatic N) is 4. The largest absolute Gasteiger partial charge is 0.348 e. The minimum atomic E-state index is -0.592. The third-order valence-corrected chi connectivity index (χ3v) is 6.23. The van der Waals surface area contributed by atoms with Crippen molar-refractivity contribution < 1.29 is 4.79 Å². The molecule has 1 saturated carbocycles. The number of hydrogen-bond donors (Lipinski definition) is 2. The van der Waals surface area contributed by atoms with Crippen molar-refractivity contribution in [2.24, 2.45) is 5.92 Å². The molecule has 180 valence electrons. The Hall–Kier alpha value is -4.01. The molecule has 3 heterocycles. The fourth-order valence-electron chi connectivity index (χ4n) is 4.33. The normalized spacial score (nSPS) is 13.5. The number of carbonyl (C=O) groups is 1. The molecule has 1 amide bonds. The first-order valence-corrected chi connectivity index (χ1v) is 11.9. The van der Waals surface area contributed by atoms with Crippen molar-refractivity contribution in [1.29, 1.82) is 0 Å². The number of aromatic amines is 1. The van der Waals surface area contributed by atoms with Crippen LogP contribution in [-0.2, 0) is 19.6 Å². The van der Waals surface area contributed by atoms with Crippen LogP contribution in [0.25, 0.3) is 11.0 Å². The zero-order valence-electron chi connectivity index (χ0n) is 19.8. The topological polar surface area (TPSA) is 115 Å². The molecule has 0 bridgehead atoms. The molecule has 9 heteroatoms. The average Bonchev–Trinajstić information content (AvgIpc) is 3.56. The van der Waals surface area contributed by atoms with Crippen molar-refractivity contribution in [3.8, 4) is 0 Å². The van der Waals surface area contributed by atoms with Gasteiger partial charge in [-0.2, -0.15) is 0 Å². The van der Waals surface area contributed by atoms with Crippen molar-refractivity contribution in [3.63, 3.8) is 0 Å². The Morgan fingerprint density at radius 1 is 1.20 bits per heavy atom. The number of fused-ring (bicyclic) bond motifs is 1. The van der Waals surface area contributed by atoms with Crippen LogP contribution in [0.3, 0.4) is 0 Å². The molecule has 1 aliphatic carbocycles. The Morgan fingerprint density at radius 3 is 2.66 bits per heavy atom. The van der Waals surface area contributed by atoms with Gasteiger partial charge in [0.05, 0.1) is 17.3 Å². The quantitative estimate of drug-likeness (QED) is 0.409. The molecule has 3 aromatic heterocycles. The summed E-state index contributed by atoms with van der Waals surface area (Å²) in [6.07, 6.45) is 7.34. The highest BCUT2D eigenvalue weighted by molar-refractivity contribution is 6.05. The van der Waals surface area contributed by atoms with Crippen LogP contribution in [0, 0.1) is 5.92 Å². The maximum Gasteiger partial charge on any atom is 0.330 e. The van der Waals surface area contributed by atoms with Gasteiger partial charge in [0.15, 0.2) is 5.65 Å². The van der Waals surface area contributed by atoms with Gasteiger partial charge in [0.1, 0.15) is 0 Å². The maximum absolute atomic E-state index is 13.4. The van der Waals surface area contributed by atoms with Gasteiger partial charge in [0, 0.05) is 43.6 Å². The van der Waals surface area contributed by atoms with Gasteiger partial charge in [-0.05, 0) is 36.0 Å². The third kappa shape index (κ3) is 4.80. The van der Waals surface area contributed by atoms with Crippen molar-refractivity contribution in [2.75, 3.05) is 0 Å². The van der Waals surface area contributed by atoms with Crippen LogP contribution in [-0.4, -0.2) is 30.0 Å².